The van der Waals surface area contributed by atoms with Crippen molar-refractivity contribution in [3.8, 4) is 5.75 Å². The summed E-state index contributed by atoms with van der Waals surface area (Å²) in [4.78, 5) is 11.7. The second-order valence-corrected chi connectivity index (χ2v) is 5.49. The minimum Gasteiger partial charge on any atom is -0.481 e. The summed E-state index contributed by atoms with van der Waals surface area (Å²) < 4.78 is 11.6. The maximum Gasteiger partial charge on any atom is 0.344 e. The predicted molar refractivity (Wildman–Crippen MR) is 91.0 cm³/mol. The lowest BCUT2D eigenvalue weighted by Gasteiger charge is -2.09. The van der Waals surface area contributed by atoms with Crippen LogP contribution in [0, 0.1) is 3.57 Å². The molecule has 0 unspecified atom stereocenters. The summed E-state index contributed by atoms with van der Waals surface area (Å²) in [7, 11) is 0. The highest BCUT2D eigenvalue weighted by Crippen LogP contribution is 2.22. The van der Waals surface area contributed by atoms with Gasteiger partial charge in [-0.15, -0.1) is 0 Å². The molecular weight excluding hydrogens is 379 g/mol. The Labute approximate surface area is 137 Å². The molecule has 0 amide bonds. The van der Waals surface area contributed by atoms with Crippen LogP contribution in [0.2, 0.25) is 0 Å². The summed E-state index contributed by atoms with van der Waals surface area (Å²) in [6.07, 6.45) is 1.76. The van der Waals surface area contributed by atoms with Crippen molar-refractivity contribution in [2.45, 2.75) is 6.61 Å². The number of rotatable bonds is 6. The van der Waals surface area contributed by atoms with E-state index in [1.807, 2.05) is 48.5 Å². The van der Waals surface area contributed by atoms with Crippen molar-refractivity contribution in [2.24, 2.45) is 0 Å². The summed E-state index contributed by atoms with van der Waals surface area (Å²) in [5.74, 6) is 0.278. The Hall–Kier alpha value is -1.82. The summed E-state index contributed by atoms with van der Waals surface area (Å²) in [6, 6.07) is 15.2. The molecule has 0 heterocycles. The van der Waals surface area contributed by atoms with E-state index >= 15 is 0 Å². The molecule has 0 bridgehead atoms. The second kappa shape index (κ2) is 7.83. The van der Waals surface area contributed by atoms with Gasteiger partial charge in [-0.05, 0) is 45.9 Å². The lowest BCUT2D eigenvalue weighted by molar-refractivity contribution is -0.147. The zero-order valence-electron chi connectivity index (χ0n) is 11.4. The first-order chi connectivity index (χ1) is 10.2. The topological polar surface area (TPSA) is 35.5 Å². The zero-order chi connectivity index (χ0) is 15.1. The van der Waals surface area contributed by atoms with Gasteiger partial charge in [0.2, 0.25) is 0 Å². The van der Waals surface area contributed by atoms with E-state index in [2.05, 4.69) is 29.2 Å². The van der Waals surface area contributed by atoms with E-state index in [1.165, 1.54) is 0 Å². The van der Waals surface area contributed by atoms with Crippen LogP contribution in [0.5, 0.6) is 5.75 Å². The highest BCUT2D eigenvalue weighted by Gasteiger charge is 2.07. The van der Waals surface area contributed by atoms with Crippen LogP contribution in [-0.2, 0) is 16.1 Å². The van der Waals surface area contributed by atoms with Gasteiger partial charge in [0.25, 0.3) is 0 Å². The second-order valence-electron chi connectivity index (χ2n) is 4.33. The number of halogens is 1. The molecule has 0 N–H and O–H groups in total. The van der Waals surface area contributed by atoms with Crippen molar-refractivity contribution < 1.29 is 14.3 Å². The summed E-state index contributed by atoms with van der Waals surface area (Å²) in [5, 5.41) is 0. The molecule has 4 heteroatoms. The average molecular weight is 394 g/mol. The molecule has 0 fully saturated rings. The Balaban J connectivity index is 1.82. The Morgan fingerprint density at radius 1 is 1.19 bits per heavy atom. The molecule has 0 saturated heterocycles. The SMILES string of the molecule is C=Cc1ccc(OCC(=O)OCc2ccccc2)c(I)c1. The maximum atomic E-state index is 11.7. The number of benzene rings is 2. The molecule has 0 aromatic heterocycles. The Kier molecular flexibility index (Phi) is 5.80. The molecule has 0 spiro atoms. The number of ether oxygens (including phenoxy) is 2. The molecule has 21 heavy (non-hydrogen) atoms. The van der Waals surface area contributed by atoms with Gasteiger partial charge in [-0.2, -0.15) is 0 Å². The zero-order valence-corrected chi connectivity index (χ0v) is 13.6. The molecule has 2 aromatic carbocycles. The number of hydrogen-bond acceptors (Lipinski definition) is 3. The number of carbonyl (C=O) groups excluding carboxylic acids is 1. The van der Waals surface area contributed by atoms with E-state index in [9.17, 15) is 4.79 Å². The predicted octanol–water partition coefficient (Wildman–Crippen LogP) is 4.06. The fourth-order valence-corrected chi connectivity index (χ4v) is 2.37. The van der Waals surface area contributed by atoms with Gasteiger partial charge in [-0.3, -0.25) is 0 Å². The average Bonchev–Trinajstić information content (AvgIpc) is 2.52. The van der Waals surface area contributed by atoms with Crippen LogP contribution in [-0.4, -0.2) is 12.6 Å². The number of carbonyl (C=O) groups is 1. The Morgan fingerprint density at radius 2 is 1.95 bits per heavy atom. The molecule has 0 radical (unpaired) electrons. The van der Waals surface area contributed by atoms with Gasteiger partial charge in [0, 0.05) is 0 Å². The van der Waals surface area contributed by atoms with Crippen LogP contribution < -0.4 is 4.74 Å². The quantitative estimate of drug-likeness (QED) is 0.548. The molecule has 0 saturated carbocycles. The van der Waals surface area contributed by atoms with Gasteiger partial charge in [-0.1, -0.05) is 49.1 Å². The third kappa shape index (κ3) is 4.90. The van der Waals surface area contributed by atoms with E-state index < -0.39 is 0 Å². The van der Waals surface area contributed by atoms with E-state index in [1.54, 1.807) is 6.08 Å². The minimum absolute atomic E-state index is 0.101. The molecule has 0 atom stereocenters. The van der Waals surface area contributed by atoms with Gasteiger partial charge in [0.05, 0.1) is 3.57 Å². The third-order valence-electron chi connectivity index (χ3n) is 2.78. The minimum atomic E-state index is -0.387. The number of esters is 1. The van der Waals surface area contributed by atoms with Crippen molar-refractivity contribution in [2.75, 3.05) is 6.61 Å². The van der Waals surface area contributed by atoms with Crippen molar-refractivity contribution >= 4 is 34.6 Å². The lowest BCUT2D eigenvalue weighted by atomic mass is 10.2. The van der Waals surface area contributed by atoms with Gasteiger partial charge in [0.1, 0.15) is 12.4 Å². The number of hydrogen-bond donors (Lipinski definition) is 0. The lowest BCUT2D eigenvalue weighted by Crippen LogP contribution is -2.15. The first-order valence-electron chi connectivity index (χ1n) is 6.43. The molecule has 108 valence electrons. The van der Waals surface area contributed by atoms with Crippen molar-refractivity contribution in [3.05, 3.63) is 69.8 Å². The summed E-state index contributed by atoms with van der Waals surface area (Å²) >= 11 is 2.16. The monoisotopic (exact) mass is 394 g/mol. The smallest absolute Gasteiger partial charge is 0.344 e. The highest BCUT2D eigenvalue weighted by atomic mass is 127. The van der Waals surface area contributed by atoms with Crippen LogP contribution in [0.3, 0.4) is 0 Å². The van der Waals surface area contributed by atoms with Gasteiger partial charge in [-0.25, -0.2) is 4.79 Å². The summed E-state index contributed by atoms with van der Waals surface area (Å²) in [5.41, 5.74) is 1.97. The normalized spacial score (nSPS) is 9.95. The first kappa shape index (κ1) is 15.6. The molecule has 0 aliphatic heterocycles. The Bertz CT molecular complexity index is 623. The van der Waals surface area contributed by atoms with Crippen LogP contribution in [0.4, 0.5) is 0 Å². The van der Waals surface area contributed by atoms with E-state index in [0.29, 0.717) is 5.75 Å². The van der Waals surface area contributed by atoms with Gasteiger partial charge in [0.15, 0.2) is 6.61 Å². The Morgan fingerprint density at radius 3 is 2.62 bits per heavy atom. The summed E-state index contributed by atoms with van der Waals surface area (Å²) in [6.45, 7) is 3.87. The van der Waals surface area contributed by atoms with Crippen LogP contribution >= 0.6 is 22.6 Å². The molecule has 3 nitrogen and oxygen atoms in total. The first-order valence-corrected chi connectivity index (χ1v) is 7.51. The molecule has 2 rings (SSSR count). The van der Waals surface area contributed by atoms with Crippen LogP contribution in [0.1, 0.15) is 11.1 Å². The van der Waals surface area contributed by atoms with Crippen molar-refractivity contribution in [3.63, 3.8) is 0 Å². The highest BCUT2D eigenvalue weighted by molar-refractivity contribution is 14.1. The van der Waals surface area contributed by atoms with Gasteiger partial charge < -0.3 is 9.47 Å². The fourth-order valence-electron chi connectivity index (χ4n) is 1.68. The van der Waals surface area contributed by atoms with E-state index in [-0.39, 0.29) is 19.2 Å². The molecular formula is C17H15IO3. The maximum absolute atomic E-state index is 11.7. The van der Waals surface area contributed by atoms with E-state index in [0.717, 1.165) is 14.7 Å². The molecule has 2 aromatic rings. The van der Waals surface area contributed by atoms with Crippen LogP contribution in [0.15, 0.2) is 55.1 Å². The van der Waals surface area contributed by atoms with Crippen LogP contribution in [0.25, 0.3) is 6.08 Å². The van der Waals surface area contributed by atoms with Crippen molar-refractivity contribution in [1.82, 2.24) is 0 Å². The van der Waals surface area contributed by atoms with Crippen molar-refractivity contribution in [1.29, 1.82) is 0 Å². The largest absolute Gasteiger partial charge is 0.481 e. The van der Waals surface area contributed by atoms with E-state index in [4.69, 9.17) is 9.47 Å². The molecule has 0 aliphatic carbocycles. The third-order valence-corrected chi connectivity index (χ3v) is 3.62. The van der Waals surface area contributed by atoms with Gasteiger partial charge >= 0.3 is 5.97 Å². The fraction of sp³-hybridized carbons (Fsp3) is 0.118. The molecule has 0 aliphatic rings. The standard InChI is InChI=1S/C17H15IO3/c1-2-13-8-9-16(15(18)10-13)20-12-17(19)21-11-14-6-4-3-5-7-14/h2-10H,1,11-12H2.